The highest BCUT2D eigenvalue weighted by atomic mass is 16.6. The Kier molecular flexibility index (Phi) is 21.2. The average molecular weight is 447 g/mol. The molecular formula is C24H46O7. The summed E-state index contributed by atoms with van der Waals surface area (Å²) in [5.41, 5.74) is 0. The summed E-state index contributed by atoms with van der Waals surface area (Å²) in [5.74, 6) is -1.87. The number of carbonyl (C=O) groups is 2. The highest BCUT2D eigenvalue weighted by molar-refractivity contribution is 5.72. The lowest BCUT2D eigenvalue weighted by Crippen LogP contribution is -2.27. The lowest BCUT2D eigenvalue weighted by molar-refractivity contribution is -0.152. The van der Waals surface area contributed by atoms with Gasteiger partial charge in [-0.2, -0.15) is 0 Å². The summed E-state index contributed by atoms with van der Waals surface area (Å²) in [7, 11) is 0. The summed E-state index contributed by atoms with van der Waals surface area (Å²) in [6.07, 6.45) is 12.7. The number of hydrogen-bond acceptors (Lipinski definition) is 5. The Balaban J connectivity index is 3.77. The molecule has 0 rings (SSSR count). The van der Waals surface area contributed by atoms with Crippen LogP contribution in [-0.2, 0) is 23.8 Å². The van der Waals surface area contributed by atoms with Crippen molar-refractivity contribution in [1.29, 1.82) is 0 Å². The normalized spacial score (nSPS) is 13.2. The van der Waals surface area contributed by atoms with Crippen LogP contribution in [-0.4, -0.2) is 60.8 Å². The van der Waals surface area contributed by atoms with Crippen LogP contribution in [0, 0.1) is 0 Å². The summed E-state index contributed by atoms with van der Waals surface area (Å²) in [6, 6.07) is 0. The molecule has 2 unspecified atom stereocenters. The third-order valence-corrected chi connectivity index (χ3v) is 5.28. The van der Waals surface area contributed by atoms with Crippen LogP contribution in [0.2, 0.25) is 0 Å². The maximum atomic E-state index is 11.3. The van der Waals surface area contributed by atoms with E-state index in [2.05, 4.69) is 13.8 Å². The molecule has 7 nitrogen and oxygen atoms in total. The van der Waals surface area contributed by atoms with Crippen LogP contribution < -0.4 is 0 Å². The van der Waals surface area contributed by atoms with E-state index in [1.54, 1.807) is 0 Å². The van der Waals surface area contributed by atoms with Gasteiger partial charge in [-0.15, -0.1) is 0 Å². The Labute approximate surface area is 188 Å². The first-order valence-corrected chi connectivity index (χ1v) is 12.3. The zero-order valence-corrected chi connectivity index (χ0v) is 19.8. The van der Waals surface area contributed by atoms with Gasteiger partial charge in [-0.05, 0) is 12.8 Å². The van der Waals surface area contributed by atoms with Gasteiger partial charge < -0.3 is 24.4 Å². The number of unbranched alkanes of at least 4 members (excludes halogenated alkanes) is 10. The first-order valence-electron chi connectivity index (χ1n) is 12.3. The van der Waals surface area contributed by atoms with Crippen molar-refractivity contribution in [2.45, 2.75) is 116 Å². The van der Waals surface area contributed by atoms with Crippen molar-refractivity contribution >= 4 is 11.9 Å². The molecule has 0 aliphatic carbocycles. The monoisotopic (exact) mass is 446 g/mol. The van der Waals surface area contributed by atoms with Gasteiger partial charge in [-0.1, -0.05) is 90.9 Å². The van der Waals surface area contributed by atoms with E-state index in [1.165, 1.54) is 38.5 Å². The fourth-order valence-corrected chi connectivity index (χ4v) is 3.38. The maximum Gasteiger partial charge on any atom is 0.332 e. The predicted molar refractivity (Wildman–Crippen MR) is 122 cm³/mol. The van der Waals surface area contributed by atoms with Gasteiger partial charge in [0, 0.05) is 0 Å². The highest BCUT2D eigenvalue weighted by Crippen LogP contribution is 2.12. The van der Waals surface area contributed by atoms with Crippen LogP contribution in [0.25, 0.3) is 0 Å². The molecule has 0 aliphatic heterocycles. The number of rotatable bonds is 24. The molecule has 0 spiro atoms. The van der Waals surface area contributed by atoms with Crippen molar-refractivity contribution in [2.75, 3.05) is 26.4 Å². The van der Waals surface area contributed by atoms with Crippen LogP contribution in [0.5, 0.6) is 0 Å². The van der Waals surface area contributed by atoms with Crippen LogP contribution in [0.1, 0.15) is 104 Å². The first kappa shape index (κ1) is 29.8. The molecule has 0 amide bonds. The molecule has 0 radical (unpaired) electrons. The van der Waals surface area contributed by atoms with Gasteiger partial charge in [0.2, 0.25) is 0 Å². The van der Waals surface area contributed by atoms with E-state index in [0.717, 1.165) is 38.5 Å². The molecule has 0 saturated carbocycles. The van der Waals surface area contributed by atoms with Crippen LogP contribution in [0.3, 0.4) is 0 Å². The van der Waals surface area contributed by atoms with Gasteiger partial charge in [0.15, 0.2) is 12.2 Å². The molecule has 0 bridgehead atoms. The Morgan fingerprint density at radius 3 is 1.29 bits per heavy atom. The molecule has 31 heavy (non-hydrogen) atoms. The third kappa shape index (κ3) is 19.2. The van der Waals surface area contributed by atoms with Gasteiger partial charge in [-0.3, -0.25) is 0 Å². The van der Waals surface area contributed by atoms with Crippen molar-refractivity contribution in [2.24, 2.45) is 0 Å². The topological polar surface area (TPSA) is 102 Å². The summed E-state index contributed by atoms with van der Waals surface area (Å²) in [5, 5.41) is 18.5. The second kappa shape index (κ2) is 22.0. The van der Waals surface area contributed by atoms with Crippen molar-refractivity contribution in [3.05, 3.63) is 0 Å². The second-order valence-corrected chi connectivity index (χ2v) is 8.12. The van der Waals surface area contributed by atoms with Gasteiger partial charge in [-0.25, -0.2) is 9.59 Å². The van der Waals surface area contributed by atoms with Gasteiger partial charge in [0.25, 0.3) is 0 Å². The van der Waals surface area contributed by atoms with Crippen molar-refractivity contribution in [3.63, 3.8) is 0 Å². The van der Waals surface area contributed by atoms with Crippen LogP contribution in [0.4, 0.5) is 0 Å². The quantitative estimate of drug-likeness (QED) is 0.190. The number of carboxylic acid groups (broad SMARTS) is 2. The molecule has 0 aliphatic rings. The number of carboxylic acids is 2. The van der Waals surface area contributed by atoms with Gasteiger partial charge in [0.1, 0.15) is 0 Å². The average Bonchev–Trinajstić information content (AvgIpc) is 2.74. The second-order valence-electron chi connectivity index (χ2n) is 8.12. The summed E-state index contributed by atoms with van der Waals surface area (Å²) in [4.78, 5) is 22.6. The third-order valence-electron chi connectivity index (χ3n) is 5.28. The number of ether oxygens (including phenoxy) is 3. The Morgan fingerprint density at radius 2 is 0.935 bits per heavy atom. The molecule has 0 saturated heterocycles. The predicted octanol–water partition coefficient (Wildman–Crippen LogP) is 5.44. The lowest BCUT2D eigenvalue weighted by atomic mass is 10.1. The minimum Gasteiger partial charge on any atom is -0.479 e. The largest absolute Gasteiger partial charge is 0.479 e. The molecule has 0 aromatic carbocycles. The van der Waals surface area contributed by atoms with Crippen molar-refractivity contribution < 1.29 is 34.0 Å². The van der Waals surface area contributed by atoms with E-state index in [1.807, 2.05) is 0 Å². The van der Waals surface area contributed by atoms with Crippen LogP contribution >= 0.6 is 0 Å². The zero-order chi connectivity index (χ0) is 23.2. The SMILES string of the molecule is CCCCCCCCC(OCCOCCOC(CCCCCCCC)C(=O)O)C(=O)O. The molecule has 2 N–H and O–H groups in total. The van der Waals surface area contributed by atoms with E-state index in [-0.39, 0.29) is 26.4 Å². The van der Waals surface area contributed by atoms with E-state index >= 15 is 0 Å². The van der Waals surface area contributed by atoms with E-state index in [4.69, 9.17) is 14.2 Å². The Bertz CT molecular complexity index is 390. The van der Waals surface area contributed by atoms with E-state index in [0.29, 0.717) is 12.8 Å². The molecular weight excluding hydrogens is 400 g/mol. The van der Waals surface area contributed by atoms with E-state index < -0.39 is 24.1 Å². The smallest absolute Gasteiger partial charge is 0.332 e. The van der Waals surface area contributed by atoms with Crippen molar-refractivity contribution in [1.82, 2.24) is 0 Å². The minimum absolute atomic E-state index is 0.201. The lowest BCUT2D eigenvalue weighted by Gasteiger charge is -2.15. The standard InChI is InChI=1S/C24H46O7/c1-3-5-7-9-11-13-15-21(23(25)26)30-19-17-29-18-20-31-22(24(27)28)16-14-12-10-8-6-4-2/h21-22H,3-20H2,1-2H3,(H,25,26)(H,27,28). The molecule has 0 aromatic heterocycles. The van der Waals surface area contributed by atoms with Crippen LogP contribution in [0.15, 0.2) is 0 Å². The molecule has 0 aromatic rings. The number of aliphatic carboxylic acids is 2. The summed E-state index contributed by atoms with van der Waals surface area (Å²) >= 11 is 0. The van der Waals surface area contributed by atoms with Gasteiger partial charge >= 0.3 is 11.9 Å². The molecule has 0 heterocycles. The zero-order valence-electron chi connectivity index (χ0n) is 19.8. The first-order chi connectivity index (χ1) is 15.0. The van der Waals surface area contributed by atoms with Crippen molar-refractivity contribution in [3.8, 4) is 0 Å². The fraction of sp³-hybridized carbons (Fsp3) is 0.917. The molecule has 184 valence electrons. The molecule has 2 atom stereocenters. The highest BCUT2D eigenvalue weighted by Gasteiger charge is 2.18. The Hall–Kier alpha value is -1.18. The molecule has 7 heteroatoms. The molecule has 0 fully saturated rings. The Morgan fingerprint density at radius 1 is 0.581 bits per heavy atom. The number of hydrogen-bond donors (Lipinski definition) is 2. The summed E-state index contributed by atoms with van der Waals surface area (Å²) in [6.45, 7) is 5.27. The van der Waals surface area contributed by atoms with Gasteiger partial charge in [0.05, 0.1) is 26.4 Å². The minimum atomic E-state index is -0.934. The summed E-state index contributed by atoms with van der Waals surface area (Å²) < 4.78 is 16.3. The fourth-order valence-electron chi connectivity index (χ4n) is 3.38. The maximum absolute atomic E-state index is 11.3. The van der Waals surface area contributed by atoms with E-state index in [9.17, 15) is 19.8 Å².